The molecule has 1 aliphatic rings. The number of benzene rings is 1. The Kier molecular flexibility index (Phi) is 4.65. The molecule has 2 rings (SSSR count). The molecule has 1 aromatic rings. The van der Waals surface area contributed by atoms with E-state index in [1.165, 1.54) is 5.56 Å². The fraction of sp³-hybridized carbons (Fsp3) is 0.562. The van der Waals surface area contributed by atoms with E-state index < -0.39 is 0 Å². The number of aryl methyl sites for hydroxylation is 1. The molecule has 20 heavy (non-hydrogen) atoms. The molecule has 0 radical (unpaired) electrons. The normalized spacial score (nSPS) is 18.9. The molecule has 1 saturated heterocycles. The average molecular weight is 276 g/mol. The fourth-order valence-corrected chi connectivity index (χ4v) is 2.33. The van der Waals surface area contributed by atoms with Crippen LogP contribution in [0.1, 0.15) is 31.4 Å². The van der Waals surface area contributed by atoms with Crippen LogP contribution in [0, 0.1) is 6.92 Å². The van der Waals surface area contributed by atoms with Gasteiger partial charge in [0.05, 0.1) is 0 Å². The number of carbonyl (C=O) groups excluding carboxylic acids is 1. The standard InChI is InChI=1S/C16H24N2O2/c1-11(2)17-10-13-9-12(3)5-6-14(13)20-15-7-8-18(4)16(15)19/h5-6,9,11,15,17H,7-8,10H2,1-4H3. The molecule has 1 heterocycles. The van der Waals surface area contributed by atoms with Gasteiger partial charge in [0.1, 0.15) is 5.75 Å². The van der Waals surface area contributed by atoms with Gasteiger partial charge in [-0.05, 0) is 13.0 Å². The number of rotatable bonds is 5. The highest BCUT2D eigenvalue weighted by Crippen LogP contribution is 2.24. The second-order valence-corrected chi connectivity index (χ2v) is 5.80. The molecule has 1 aliphatic heterocycles. The maximum Gasteiger partial charge on any atom is 0.263 e. The third-order valence-corrected chi connectivity index (χ3v) is 3.56. The smallest absolute Gasteiger partial charge is 0.263 e. The topological polar surface area (TPSA) is 41.6 Å². The maximum absolute atomic E-state index is 11.9. The summed E-state index contributed by atoms with van der Waals surface area (Å²) >= 11 is 0. The molecule has 1 atom stereocenters. The van der Waals surface area contributed by atoms with Crippen molar-refractivity contribution in [2.75, 3.05) is 13.6 Å². The summed E-state index contributed by atoms with van der Waals surface area (Å²) in [6.45, 7) is 7.83. The van der Waals surface area contributed by atoms with Crippen LogP contribution in [0.4, 0.5) is 0 Å². The van der Waals surface area contributed by atoms with Gasteiger partial charge in [-0.25, -0.2) is 0 Å². The highest BCUT2D eigenvalue weighted by molar-refractivity contribution is 5.83. The fourth-order valence-electron chi connectivity index (χ4n) is 2.33. The van der Waals surface area contributed by atoms with E-state index >= 15 is 0 Å². The van der Waals surface area contributed by atoms with Gasteiger partial charge in [0.25, 0.3) is 5.91 Å². The minimum atomic E-state index is -0.333. The van der Waals surface area contributed by atoms with E-state index in [4.69, 9.17) is 4.74 Å². The highest BCUT2D eigenvalue weighted by atomic mass is 16.5. The summed E-state index contributed by atoms with van der Waals surface area (Å²) in [6, 6.07) is 6.53. The average Bonchev–Trinajstić information content (AvgIpc) is 2.71. The van der Waals surface area contributed by atoms with E-state index in [1.54, 1.807) is 4.90 Å². The van der Waals surface area contributed by atoms with Gasteiger partial charge in [0.15, 0.2) is 6.10 Å². The summed E-state index contributed by atoms with van der Waals surface area (Å²) in [5, 5.41) is 3.40. The molecule has 1 fully saturated rings. The number of nitrogens with zero attached hydrogens (tertiary/aromatic N) is 1. The Balaban J connectivity index is 2.12. The Morgan fingerprint density at radius 3 is 2.80 bits per heavy atom. The molecule has 4 heteroatoms. The molecule has 1 aromatic carbocycles. The summed E-state index contributed by atoms with van der Waals surface area (Å²) < 4.78 is 5.95. The number of amides is 1. The number of likely N-dealkylation sites (N-methyl/N-ethyl adjacent to an activating group) is 1. The van der Waals surface area contributed by atoms with Gasteiger partial charge < -0.3 is 15.0 Å². The highest BCUT2D eigenvalue weighted by Gasteiger charge is 2.31. The van der Waals surface area contributed by atoms with Crippen molar-refractivity contribution in [2.24, 2.45) is 0 Å². The SMILES string of the molecule is Cc1ccc(OC2CCN(C)C2=O)c(CNC(C)C)c1. The molecule has 0 aliphatic carbocycles. The van der Waals surface area contributed by atoms with Crippen LogP contribution in [-0.2, 0) is 11.3 Å². The zero-order chi connectivity index (χ0) is 14.7. The number of likely N-dealkylation sites (tertiary alicyclic amines) is 1. The van der Waals surface area contributed by atoms with Gasteiger partial charge in [0, 0.05) is 38.2 Å². The predicted molar refractivity (Wildman–Crippen MR) is 79.8 cm³/mol. The lowest BCUT2D eigenvalue weighted by Crippen LogP contribution is -2.30. The molecule has 1 amide bonds. The van der Waals surface area contributed by atoms with Crippen LogP contribution < -0.4 is 10.1 Å². The molecule has 0 bridgehead atoms. The first-order valence-corrected chi connectivity index (χ1v) is 7.22. The lowest BCUT2D eigenvalue weighted by molar-refractivity contribution is -0.132. The molecule has 0 saturated carbocycles. The predicted octanol–water partition coefficient (Wildman–Crippen LogP) is 2.10. The van der Waals surface area contributed by atoms with Gasteiger partial charge >= 0.3 is 0 Å². The van der Waals surface area contributed by atoms with Crippen LogP contribution in [0.5, 0.6) is 5.75 Å². The van der Waals surface area contributed by atoms with Crippen molar-refractivity contribution in [1.29, 1.82) is 0 Å². The number of hydrogen-bond donors (Lipinski definition) is 1. The molecule has 0 spiro atoms. The summed E-state index contributed by atoms with van der Waals surface area (Å²) in [5.41, 5.74) is 2.31. The Hall–Kier alpha value is -1.55. The Labute approximate surface area is 121 Å². The van der Waals surface area contributed by atoms with Crippen LogP contribution in [0.2, 0.25) is 0 Å². The maximum atomic E-state index is 11.9. The quantitative estimate of drug-likeness (QED) is 0.895. The largest absolute Gasteiger partial charge is 0.480 e. The molecule has 0 aromatic heterocycles. The van der Waals surface area contributed by atoms with Crippen molar-refractivity contribution in [3.8, 4) is 5.75 Å². The number of ether oxygens (including phenoxy) is 1. The van der Waals surface area contributed by atoms with Crippen LogP contribution >= 0.6 is 0 Å². The van der Waals surface area contributed by atoms with E-state index in [9.17, 15) is 4.79 Å². The van der Waals surface area contributed by atoms with E-state index in [-0.39, 0.29) is 12.0 Å². The van der Waals surface area contributed by atoms with Gasteiger partial charge in [0.2, 0.25) is 0 Å². The molecule has 1 unspecified atom stereocenters. The minimum absolute atomic E-state index is 0.0772. The van der Waals surface area contributed by atoms with Crippen molar-refractivity contribution in [3.05, 3.63) is 29.3 Å². The first-order chi connectivity index (χ1) is 9.47. The summed E-state index contributed by atoms with van der Waals surface area (Å²) in [5.74, 6) is 0.894. The van der Waals surface area contributed by atoms with Gasteiger partial charge in [-0.2, -0.15) is 0 Å². The van der Waals surface area contributed by atoms with Crippen LogP contribution in [0.25, 0.3) is 0 Å². The Bertz CT molecular complexity index is 485. The molecule has 110 valence electrons. The van der Waals surface area contributed by atoms with E-state index in [2.05, 4.69) is 32.2 Å². The van der Waals surface area contributed by atoms with Gasteiger partial charge in [-0.15, -0.1) is 0 Å². The lowest BCUT2D eigenvalue weighted by atomic mass is 10.1. The van der Waals surface area contributed by atoms with Gasteiger partial charge in [-0.1, -0.05) is 31.5 Å². The number of hydrogen-bond acceptors (Lipinski definition) is 3. The van der Waals surface area contributed by atoms with Gasteiger partial charge in [-0.3, -0.25) is 4.79 Å². The first kappa shape index (κ1) is 14.9. The summed E-state index contributed by atoms with van der Waals surface area (Å²) in [6.07, 6.45) is 0.431. The van der Waals surface area contributed by atoms with E-state index in [0.29, 0.717) is 6.04 Å². The number of nitrogens with one attached hydrogen (secondary N) is 1. The third kappa shape index (κ3) is 3.51. The third-order valence-electron chi connectivity index (χ3n) is 3.56. The molecular formula is C16H24N2O2. The summed E-state index contributed by atoms with van der Waals surface area (Å²) in [7, 11) is 1.82. The monoisotopic (exact) mass is 276 g/mol. The molecule has 4 nitrogen and oxygen atoms in total. The van der Waals surface area contributed by atoms with Crippen molar-refractivity contribution >= 4 is 5.91 Å². The van der Waals surface area contributed by atoms with E-state index in [0.717, 1.165) is 30.8 Å². The van der Waals surface area contributed by atoms with E-state index in [1.807, 2.05) is 19.2 Å². The second kappa shape index (κ2) is 6.27. The van der Waals surface area contributed by atoms with Crippen LogP contribution in [0.15, 0.2) is 18.2 Å². The first-order valence-electron chi connectivity index (χ1n) is 7.22. The summed E-state index contributed by atoms with van der Waals surface area (Å²) in [4.78, 5) is 13.7. The van der Waals surface area contributed by atoms with Crippen molar-refractivity contribution in [2.45, 2.75) is 45.9 Å². The van der Waals surface area contributed by atoms with Crippen LogP contribution in [-0.4, -0.2) is 36.5 Å². The Morgan fingerprint density at radius 2 is 2.20 bits per heavy atom. The second-order valence-electron chi connectivity index (χ2n) is 5.80. The zero-order valence-corrected chi connectivity index (χ0v) is 12.8. The van der Waals surface area contributed by atoms with Crippen LogP contribution in [0.3, 0.4) is 0 Å². The lowest BCUT2D eigenvalue weighted by Gasteiger charge is -2.17. The Morgan fingerprint density at radius 1 is 1.45 bits per heavy atom. The van der Waals surface area contributed by atoms with Crippen molar-refractivity contribution < 1.29 is 9.53 Å². The molecule has 1 N–H and O–H groups in total. The molecular weight excluding hydrogens is 252 g/mol. The number of carbonyl (C=O) groups is 1. The van der Waals surface area contributed by atoms with Crippen molar-refractivity contribution in [3.63, 3.8) is 0 Å². The zero-order valence-electron chi connectivity index (χ0n) is 12.8. The van der Waals surface area contributed by atoms with Crippen molar-refractivity contribution in [1.82, 2.24) is 10.2 Å². The minimum Gasteiger partial charge on any atom is -0.480 e.